The van der Waals surface area contributed by atoms with Gasteiger partial charge in [-0.2, -0.15) is 0 Å². The summed E-state index contributed by atoms with van der Waals surface area (Å²) in [6.45, 7) is 0. The van der Waals surface area contributed by atoms with E-state index in [1.807, 2.05) is 0 Å². The molecule has 1 rings (SSSR count). The molecule has 1 aromatic carbocycles. The van der Waals surface area contributed by atoms with E-state index in [2.05, 4.69) is 5.32 Å². The summed E-state index contributed by atoms with van der Waals surface area (Å²) in [4.78, 5) is 10.6. The van der Waals surface area contributed by atoms with Gasteiger partial charge in [0.15, 0.2) is 0 Å². The van der Waals surface area contributed by atoms with Crippen molar-refractivity contribution in [2.75, 3.05) is 11.2 Å². The van der Waals surface area contributed by atoms with Crippen LogP contribution in [0.2, 0.25) is 0 Å². The molecule has 0 amide bonds. The van der Waals surface area contributed by atoms with Gasteiger partial charge in [-0.25, -0.2) is 9.18 Å². The first-order valence-corrected chi connectivity index (χ1v) is 4.48. The smallest absolute Gasteiger partial charge is 0.327 e. The normalized spacial score (nSPS) is 12.1. The number of carbonyl (C=O) groups is 1. The third-order valence-electron chi connectivity index (χ3n) is 1.64. The number of carboxylic acids is 1. The first kappa shape index (κ1) is 10.8. The fraction of sp³-hybridized carbons (Fsp3) is 0.222. The summed E-state index contributed by atoms with van der Waals surface area (Å²) in [5.74, 6) is -1.45. The van der Waals surface area contributed by atoms with Gasteiger partial charge >= 0.3 is 5.97 Å². The molecule has 0 radical (unpaired) electrons. The topological polar surface area (TPSA) is 49.3 Å². The fourth-order valence-corrected chi connectivity index (χ4v) is 1.12. The molecule has 0 bridgehead atoms. The molecular weight excluding hydrogens is 209 g/mol. The number of anilines is 1. The molecule has 0 aliphatic rings. The maximum Gasteiger partial charge on any atom is 0.327 e. The molecule has 0 saturated heterocycles. The lowest BCUT2D eigenvalue weighted by atomic mass is 10.2. The molecular formula is C9H9ClFNO2. The van der Waals surface area contributed by atoms with Crippen LogP contribution in [0.1, 0.15) is 0 Å². The van der Waals surface area contributed by atoms with Crippen LogP contribution in [0.3, 0.4) is 0 Å². The highest BCUT2D eigenvalue weighted by molar-refractivity contribution is 6.19. The summed E-state index contributed by atoms with van der Waals surface area (Å²) in [6.07, 6.45) is 0. The van der Waals surface area contributed by atoms with Crippen molar-refractivity contribution >= 4 is 23.3 Å². The molecule has 2 N–H and O–H groups in total. The van der Waals surface area contributed by atoms with Gasteiger partial charge in [-0.1, -0.05) is 0 Å². The number of halogens is 2. The van der Waals surface area contributed by atoms with Gasteiger partial charge < -0.3 is 10.4 Å². The second-order valence-electron chi connectivity index (χ2n) is 2.70. The van der Waals surface area contributed by atoms with Crippen LogP contribution in [0.4, 0.5) is 10.1 Å². The van der Waals surface area contributed by atoms with Crippen LogP contribution in [0.5, 0.6) is 0 Å². The van der Waals surface area contributed by atoms with Crippen molar-refractivity contribution < 1.29 is 14.3 Å². The monoisotopic (exact) mass is 217 g/mol. The third kappa shape index (κ3) is 2.88. The molecule has 1 aromatic rings. The first-order valence-electron chi connectivity index (χ1n) is 3.94. The predicted molar refractivity (Wildman–Crippen MR) is 52.2 cm³/mol. The van der Waals surface area contributed by atoms with Gasteiger partial charge in [0.25, 0.3) is 0 Å². The number of alkyl halides is 1. The third-order valence-corrected chi connectivity index (χ3v) is 1.95. The Morgan fingerprint density at radius 3 is 2.50 bits per heavy atom. The fourth-order valence-electron chi connectivity index (χ4n) is 0.914. The molecule has 0 aromatic heterocycles. The number of hydrogen-bond acceptors (Lipinski definition) is 2. The molecule has 0 spiro atoms. The van der Waals surface area contributed by atoms with Crippen LogP contribution >= 0.6 is 11.6 Å². The highest BCUT2D eigenvalue weighted by Gasteiger charge is 2.14. The molecule has 5 heteroatoms. The van der Waals surface area contributed by atoms with E-state index < -0.39 is 12.0 Å². The van der Waals surface area contributed by atoms with Crippen molar-refractivity contribution in [2.45, 2.75) is 6.04 Å². The highest BCUT2D eigenvalue weighted by Crippen LogP contribution is 2.10. The van der Waals surface area contributed by atoms with E-state index in [9.17, 15) is 9.18 Å². The Kier molecular flexibility index (Phi) is 3.71. The van der Waals surface area contributed by atoms with Crippen molar-refractivity contribution in [1.82, 2.24) is 0 Å². The molecule has 14 heavy (non-hydrogen) atoms. The van der Waals surface area contributed by atoms with Gasteiger partial charge in [0.05, 0.1) is 5.88 Å². The standard InChI is InChI=1S/C9H9ClFNO2/c10-5-8(9(13)14)12-7-3-1-6(11)2-4-7/h1-4,8,12H,5H2,(H,13,14). The molecule has 76 valence electrons. The minimum absolute atomic E-state index is 0.0489. The van der Waals surface area contributed by atoms with E-state index in [-0.39, 0.29) is 11.7 Å². The van der Waals surface area contributed by atoms with Crippen LogP contribution in [0.25, 0.3) is 0 Å². The number of nitrogens with one attached hydrogen (secondary N) is 1. The van der Waals surface area contributed by atoms with Gasteiger partial charge in [-0.3, -0.25) is 0 Å². The summed E-state index contributed by atoms with van der Waals surface area (Å²) in [5, 5.41) is 11.3. The molecule has 1 atom stereocenters. The second kappa shape index (κ2) is 4.81. The van der Waals surface area contributed by atoms with Gasteiger partial charge in [-0.15, -0.1) is 11.6 Å². The van der Waals surface area contributed by atoms with Crippen LogP contribution in [0.15, 0.2) is 24.3 Å². The molecule has 0 aliphatic heterocycles. The van der Waals surface area contributed by atoms with Gasteiger partial charge in [0, 0.05) is 5.69 Å². The van der Waals surface area contributed by atoms with E-state index in [4.69, 9.17) is 16.7 Å². The van der Waals surface area contributed by atoms with Crippen LogP contribution < -0.4 is 5.32 Å². The van der Waals surface area contributed by atoms with Crippen LogP contribution in [-0.2, 0) is 4.79 Å². The zero-order chi connectivity index (χ0) is 10.6. The lowest BCUT2D eigenvalue weighted by molar-refractivity contribution is -0.137. The number of carboxylic acid groups (broad SMARTS) is 1. The Balaban J connectivity index is 2.67. The molecule has 0 fully saturated rings. The summed E-state index contributed by atoms with van der Waals surface area (Å²) in [7, 11) is 0. The minimum atomic E-state index is -1.04. The second-order valence-corrected chi connectivity index (χ2v) is 3.00. The van der Waals surface area contributed by atoms with Crippen LogP contribution in [0, 0.1) is 5.82 Å². The Morgan fingerprint density at radius 1 is 1.50 bits per heavy atom. The molecule has 0 saturated carbocycles. The van der Waals surface area contributed by atoms with Crippen molar-refractivity contribution in [3.63, 3.8) is 0 Å². The van der Waals surface area contributed by atoms with E-state index in [1.165, 1.54) is 24.3 Å². The Hall–Kier alpha value is -1.29. The molecule has 1 unspecified atom stereocenters. The Labute approximate surface area is 85.5 Å². The van der Waals surface area contributed by atoms with E-state index in [0.29, 0.717) is 5.69 Å². The first-order chi connectivity index (χ1) is 6.63. The van der Waals surface area contributed by atoms with Crippen molar-refractivity contribution in [2.24, 2.45) is 0 Å². The van der Waals surface area contributed by atoms with Crippen LogP contribution in [-0.4, -0.2) is 23.0 Å². The highest BCUT2D eigenvalue weighted by atomic mass is 35.5. The van der Waals surface area contributed by atoms with Gasteiger partial charge in [0.1, 0.15) is 11.9 Å². The van der Waals surface area contributed by atoms with Crippen molar-refractivity contribution in [3.05, 3.63) is 30.1 Å². The minimum Gasteiger partial charge on any atom is -0.480 e. The average molecular weight is 218 g/mol. The zero-order valence-corrected chi connectivity index (χ0v) is 7.96. The predicted octanol–water partition coefficient (Wildman–Crippen LogP) is 1.93. The summed E-state index contributed by atoms with van der Waals surface area (Å²) in [6, 6.07) is 4.54. The SMILES string of the molecule is O=C(O)C(CCl)Nc1ccc(F)cc1. The summed E-state index contributed by atoms with van der Waals surface area (Å²) < 4.78 is 12.5. The van der Waals surface area contributed by atoms with E-state index >= 15 is 0 Å². The Bertz CT molecular complexity index is 315. The summed E-state index contributed by atoms with van der Waals surface area (Å²) >= 11 is 5.43. The van der Waals surface area contributed by atoms with Crippen molar-refractivity contribution in [1.29, 1.82) is 0 Å². The number of hydrogen-bond donors (Lipinski definition) is 2. The lowest BCUT2D eigenvalue weighted by Gasteiger charge is -2.12. The number of aliphatic carboxylic acids is 1. The largest absolute Gasteiger partial charge is 0.480 e. The zero-order valence-electron chi connectivity index (χ0n) is 7.21. The molecule has 0 aliphatic carbocycles. The lowest BCUT2D eigenvalue weighted by Crippen LogP contribution is -2.30. The number of rotatable bonds is 4. The number of benzene rings is 1. The van der Waals surface area contributed by atoms with Gasteiger partial charge in [0.2, 0.25) is 0 Å². The maximum atomic E-state index is 12.5. The van der Waals surface area contributed by atoms with E-state index in [1.54, 1.807) is 0 Å². The van der Waals surface area contributed by atoms with Gasteiger partial charge in [-0.05, 0) is 24.3 Å². The summed E-state index contributed by atoms with van der Waals surface area (Å²) in [5.41, 5.74) is 0.527. The van der Waals surface area contributed by atoms with E-state index in [0.717, 1.165) is 0 Å². The molecule has 0 heterocycles. The average Bonchev–Trinajstić information content (AvgIpc) is 2.16. The van der Waals surface area contributed by atoms with Crippen molar-refractivity contribution in [3.8, 4) is 0 Å². The Morgan fingerprint density at radius 2 is 2.07 bits per heavy atom. The maximum absolute atomic E-state index is 12.5. The molecule has 3 nitrogen and oxygen atoms in total. The quantitative estimate of drug-likeness (QED) is 0.758.